The molecule has 0 aromatic carbocycles. The van der Waals surface area contributed by atoms with E-state index in [4.69, 9.17) is 18.7 Å². The third kappa shape index (κ3) is 12.3. The molecular weight excluding hydrogens is 276 g/mol. The minimum Gasteiger partial charge on any atom is -0.462 e. The molecule has 0 atom stereocenters. The molecule has 6 heteroatoms. The van der Waals surface area contributed by atoms with Crippen LogP contribution in [0.4, 0.5) is 0 Å². The maximum atomic E-state index is 11.1. The molecule has 0 rings (SSSR count). The van der Waals surface area contributed by atoms with E-state index in [1.54, 1.807) is 13.8 Å². The Labute approximate surface area is 124 Å². The zero-order chi connectivity index (χ0) is 16.0. The molecule has 0 aliphatic rings. The van der Waals surface area contributed by atoms with Crippen molar-refractivity contribution >= 4 is 14.5 Å². The third-order valence-electron chi connectivity index (χ3n) is 2.26. The molecule has 5 nitrogen and oxygen atoms in total. The number of hydrogen-bond acceptors (Lipinski definition) is 5. The number of ether oxygens (including phenoxy) is 1. The van der Waals surface area contributed by atoms with Crippen molar-refractivity contribution in [3.8, 4) is 0 Å². The molecule has 0 aliphatic heterocycles. The molecule has 0 saturated heterocycles. The predicted octanol–water partition coefficient (Wildman–Crippen LogP) is 2.64. The van der Waals surface area contributed by atoms with Crippen LogP contribution < -0.4 is 0 Å². The SMILES string of the molecule is C=C(C)C(=O)OCCC[Si](C)(OCC)OCC.CCO. The highest BCUT2D eigenvalue weighted by molar-refractivity contribution is 6.66. The van der Waals surface area contributed by atoms with E-state index >= 15 is 0 Å². The van der Waals surface area contributed by atoms with Crippen molar-refractivity contribution in [1.29, 1.82) is 0 Å². The van der Waals surface area contributed by atoms with E-state index in [2.05, 4.69) is 6.58 Å². The van der Waals surface area contributed by atoms with Gasteiger partial charge in [0.2, 0.25) is 0 Å². The van der Waals surface area contributed by atoms with E-state index in [-0.39, 0.29) is 12.6 Å². The van der Waals surface area contributed by atoms with Gasteiger partial charge in [0.15, 0.2) is 0 Å². The number of aliphatic hydroxyl groups excluding tert-OH is 1. The Kier molecular flexibility index (Phi) is 14.4. The summed E-state index contributed by atoms with van der Waals surface area (Å²) in [5.74, 6) is -0.332. The average molecular weight is 306 g/mol. The van der Waals surface area contributed by atoms with Gasteiger partial charge < -0.3 is 18.7 Å². The Hall–Kier alpha value is -0.693. The van der Waals surface area contributed by atoms with Gasteiger partial charge in [-0.25, -0.2) is 4.79 Å². The number of carbonyl (C=O) groups is 1. The Balaban J connectivity index is 0. The summed E-state index contributed by atoms with van der Waals surface area (Å²) in [7, 11) is -2.06. The summed E-state index contributed by atoms with van der Waals surface area (Å²) < 4.78 is 16.4. The molecule has 0 unspecified atom stereocenters. The zero-order valence-electron chi connectivity index (χ0n) is 13.5. The van der Waals surface area contributed by atoms with Crippen molar-refractivity contribution in [1.82, 2.24) is 0 Å². The fraction of sp³-hybridized carbons (Fsp3) is 0.786. The van der Waals surface area contributed by atoms with E-state index in [0.717, 1.165) is 12.5 Å². The highest BCUT2D eigenvalue weighted by Crippen LogP contribution is 2.16. The summed E-state index contributed by atoms with van der Waals surface area (Å²) in [6.07, 6.45) is 0.766. The van der Waals surface area contributed by atoms with Crippen molar-refractivity contribution in [2.45, 2.75) is 46.7 Å². The molecule has 1 N–H and O–H groups in total. The summed E-state index contributed by atoms with van der Waals surface area (Å²) in [5, 5.41) is 7.57. The minimum atomic E-state index is -2.06. The van der Waals surface area contributed by atoms with Gasteiger partial charge in [-0.3, -0.25) is 0 Å². The van der Waals surface area contributed by atoms with Crippen LogP contribution in [0.25, 0.3) is 0 Å². The standard InChI is InChI=1S/C12H24O4Si.C2H6O/c1-6-15-17(5,16-7-2)10-8-9-14-12(13)11(3)4;1-2-3/h3,6-10H2,1-2,4-5H3;3H,2H2,1H3. The normalized spacial score (nSPS) is 10.5. The molecule has 0 heterocycles. The highest BCUT2D eigenvalue weighted by atomic mass is 28.4. The molecule has 20 heavy (non-hydrogen) atoms. The van der Waals surface area contributed by atoms with Crippen LogP contribution in [0.1, 0.15) is 34.1 Å². The molecule has 0 bridgehead atoms. The topological polar surface area (TPSA) is 65.0 Å². The van der Waals surface area contributed by atoms with Gasteiger partial charge in [0.1, 0.15) is 0 Å². The first kappa shape index (κ1) is 21.6. The summed E-state index contributed by atoms with van der Waals surface area (Å²) in [5.41, 5.74) is 0.430. The van der Waals surface area contributed by atoms with Crippen molar-refractivity contribution in [3.63, 3.8) is 0 Å². The summed E-state index contributed by atoms with van der Waals surface area (Å²) in [6, 6.07) is 0.831. The molecule has 0 radical (unpaired) electrons. The predicted molar refractivity (Wildman–Crippen MR) is 82.8 cm³/mol. The number of rotatable bonds is 9. The second-order valence-corrected chi connectivity index (χ2v) is 7.68. The zero-order valence-corrected chi connectivity index (χ0v) is 14.5. The van der Waals surface area contributed by atoms with Gasteiger partial charge in [-0.05, 0) is 46.7 Å². The van der Waals surface area contributed by atoms with E-state index in [1.165, 1.54) is 0 Å². The van der Waals surface area contributed by atoms with Gasteiger partial charge in [-0.2, -0.15) is 0 Å². The second-order valence-electron chi connectivity index (χ2n) is 4.34. The van der Waals surface area contributed by atoms with Gasteiger partial charge >= 0.3 is 14.5 Å². The summed E-state index contributed by atoms with van der Waals surface area (Å²) in [4.78, 5) is 11.1. The van der Waals surface area contributed by atoms with E-state index in [9.17, 15) is 4.79 Å². The Morgan fingerprint density at radius 2 is 1.65 bits per heavy atom. The Morgan fingerprint density at radius 3 is 2.00 bits per heavy atom. The minimum absolute atomic E-state index is 0.250. The average Bonchev–Trinajstić information content (AvgIpc) is 2.36. The second kappa shape index (κ2) is 13.3. The van der Waals surface area contributed by atoms with Gasteiger partial charge in [0, 0.05) is 25.4 Å². The number of esters is 1. The van der Waals surface area contributed by atoms with Crippen molar-refractivity contribution in [2.75, 3.05) is 26.4 Å². The van der Waals surface area contributed by atoms with Gasteiger partial charge in [0.25, 0.3) is 0 Å². The monoisotopic (exact) mass is 306 g/mol. The first-order valence-corrected chi connectivity index (χ1v) is 9.60. The molecule has 0 aromatic heterocycles. The molecule has 0 amide bonds. The molecule has 0 saturated carbocycles. The Morgan fingerprint density at radius 1 is 1.20 bits per heavy atom. The van der Waals surface area contributed by atoms with Crippen molar-refractivity contribution < 1.29 is 23.5 Å². The quantitative estimate of drug-likeness (QED) is 0.307. The van der Waals surface area contributed by atoms with E-state index in [0.29, 0.717) is 25.4 Å². The fourth-order valence-electron chi connectivity index (χ4n) is 1.48. The first-order valence-electron chi connectivity index (χ1n) is 7.08. The van der Waals surface area contributed by atoms with Crippen LogP contribution in [-0.2, 0) is 18.4 Å². The first-order chi connectivity index (χ1) is 9.36. The molecule has 120 valence electrons. The third-order valence-corrected chi connectivity index (χ3v) is 5.32. The number of hydrogen-bond donors (Lipinski definition) is 1. The van der Waals surface area contributed by atoms with Crippen LogP contribution in [0.2, 0.25) is 12.6 Å². The van der Waals surface area contributed by atoms with Crippen LogP contribution in [0.15, 0.2) is 12.2 Å². The number of carbonyl (C=O) groups excluding carboxylic acids is 1. The van der Waals surface area contributed by atoms with Gasteiger partial charge in [-0.1, -0.05) is 6.58 Å². The van der Waals surface area contributed by atoms with Crippen LogP contribution >= 0.6 is 0 Å². The van der Waals surface area contributed by atoms with Crippen molar-refractivity contribution in [3.05, 3.63) is 12.2 Å². The van der Waals surface area contributed by atoms with Crippen LogP contribution in [0, 0.1) is 0 Å². The summed E-state index contributed by atoms with van der Waals surface area (Å²) >= 11 is 0. The van der Waals surface area contributed by atoms with Crippen LogP contribution in [-0.4, -0.2) is 46.1 Å². The van der Waals surface area contributed by atoms with E-state index < -0.39 is 8.56 Å². The molecule has 0 fully saturated rings. The molecular formula is C14H30O5Si. The molecule has 0 aliphatic carbocycles. The maximum Gasteiger partial charge on any atom is 0.335 e. The fourth-order valence-corrected chi connectivity index (χ4v) is 3.86. The van der Waals surface area contributed by atoms with Gasteiger partial charge in [-0.15, -0.1) is 0 Å². The van der Waals surface area contributed by atoms with Gasteiger partial charge in [0.05, 0.1) is 6.61 Å². The smallest absolute Gasteiger partial charge is 0.335 e. The van der Waals surface area contributed by atoms with E-state index in [1.807, 2.05) is 20.4 Å². The lowest BCUT2D eigenvalue weighted by Gasteiger charge is -2.25. The van der Waals surface area contributed by atoms with Crippen molar-refractivity contribution in [2.24, 2.45) is 0 Å². The highest BCUT2D eigenvalue weighted by Gasteiger charge is 2.30. The van der Waals surface area contributed by atoms with Crippen LogP contribution in [0.3, 0.4) is 0 Å². The maximum absolute atomic E-state index is 11.1. The lowest BCUT2D eigenvalue weighted by molar-refractivity contribution is -0.138. The lowest BCUT2D eigenvalue weighted by atomic mass is 10.4. The largest absolute Gasteiger partial charge is 0.462 e. The van der Waals surface area contributed by atoms with Crippen LogP contribution in [0.5, 0.6) is 0 Å². The summed E-state index contributed by atoms with van der Waals surface area (Å²) in [6.45, 7) is 14.8. The number of aliphatic hydroxyl groups is 1. The Bertz CT molecular complexity index is 262. The molecule has 0 aromatic rings. The molecule has 0 spiro atoms. The lowest BCUT2D eigenvalue weighted by Crippen LogP contribution is -2.38.